The molecule has 0 rings (SSSR count). The molecule has 7 heavy (non-hydrogen) atoms. The molecule has 0 unspecified atom stereocenters. The molecule has 2 N–H and O–H groups in total. The van der Waals surface area contributed by atoms with Gasteiger partial charge in [-0.15, -0.1) is 5.16 Å². The van der Waals surface area contributed by atoms with Crippen LogP contribution in [0.5, 0.6) is 0 Å². The third-order valence-electron chi connectivity index (χ3n) is 0.335. The smallest absolute Gasteiger partial charge is 0.110 e. The fourth-order valence-corrected chi connectivity index (χ4v) is 0.122. The zero-order valence-electron chi connectivity index (χ0n) is 3.57. The molecule has 0 fully saturated rings. The summed E-state index contributed by atoms with van der Waals surface area (Å²) < 4.78 is 0. The molecule has 0 aromatic heterocycles. The van der Waals surface area contributed by atoms with Crippen molar-refractivity contribution in [1.29, 1.82) is 0 Å². The van der Waals surface area contributed by atoms with Crippen LogP contribution >= 0.6 is 0 Å². The molecule has 0 aliphatic rings. The van der Waals surface area contributed by atoms with Gasteiger partial charge in [0.25, 0.3) is 0 Å². The molecule has 4 heteroatoms. The molecule has 0 spiro atoms. The van der Waals surface area contributed by atoms with Crippen LogP contribution in [0, 0.1) is 0 Å². The van der Waals surface area contributed by atoms with E-state index in [0.717, 1.165) is 6.21 Å². The van der Waals surface area contributed by atoms with E-state index in [9.17, 15) is 0 Å². The average molecular weight is 101 g/mol. The molecule has 39 valence electrons. The Labute approximate surface area is 40.8 Å². The molecule has 0 aliphatic carbocycles. The molecule has 0 heterocycles. The van der Waals surface area contributed by atoms with Crippen molar-refractivity contribution in [2.24, 2.45) is 10.3 Å². The highest BCUT2D eigenvalue weighted by atomic mass is 16.4. The van der Waals surface area contributed by atoms with E-state index < -0.39 is 0 Å². The Bertz CT molecular complexity index is 69.0. The Morgan fingerprint density at radius 2 is 2.29 bits per heavy atom. The fourth-order valence-electron chi connectivity index (χ4n) is 0.122. The molecule has 0 atom stereocenters. The summed E-state index contributed by atoms with van der Waals surface area (Å²) in [6, 6.07) is 0. The van der Waals surface area contributed by atoms with Gasteiger partial charge in [0.15, 0.2) is 0 Å². The van der Waals surface area contributed by atoms with Crippen LogP contribution in [0.25, 0.3) is 0 Å². The van der Waals surface area contributed by atoms with E-state index in [-0.39, 0.29) is 6.42 Å². The SMILES string of the molecule is ON=[C]CC=NO. The van der Waals surface area contributed by atoms with E-state index in [2.05, 4.69) is 16.5 Å². The molecular weight excluding hydrogens is 96.0 g/mol. The first kappa shape index (κ1) is 5.94. The van der Waals surface area contributed by atoms with Crippen LogP contribution in [0.15, 0.2) is 10.3 Å². The summed E-state index contributed by atoms with van der Waals surface area (Å²) in [5.41, 5.74) is 0. The van der Waals surface area contributed by atoms with E-state index in [1.165, 1.54) is 0 Å². The Hall–Kier alpha value is -1.06. The highest BCUT2D eigenvalue weighted by molar-refractivity contribution is 5.78. The molecule has 1 radical (unpaired) electrons. The monoisotopic (exact) mass is 101 g/mol. The Kier molecular flexibility index (Phi) is 4.19. The van der Waals surface area contributed by atoms with Gasteiger partial charge in [-0.3, -0.25) is 0 Å². The molecule has 0 aliphatic heterocycles. The van der Waals surface area contributed by atoms with Gasteiger partial charge in [-0.05, 0) is 0 Å². The van der Waals surface area contributed by atoms with E-state index in [4.69, 9.17) is 10.4 Å². The van der Waals surface area contributed by atoms with Crippen LogP contribution in [0.4, 0.5) is 0 Å². The van der Waals surface area contributed by atoms with Crippen LogP contribution in [0.3, 0.4) is 0 Å². The van der Waals surface area contributed by atoms with Gasteiger partial charge in [0.1, 0.15) is 6.21 Å². The highest BCUT2D eigenvalue weighted by Gasteiger charge is 1.68. The van der Waals surface area contributed by atoms with Crippen molar-refractivity contribution in [3.05, 3.63) is 0 Å². The maximum Gasteiger partial charge on any atom is 0.110 e. The first-order valence-electron chi connectivity index (χ1n) is 1.64. The van der Waals surface area contributed by atoms with Crippen molar-refractivity contribution >= 4 is 12.4 Å². The second-order valence-corrected chi connectivity index (χ2v) is 0.760. The van der Waals surface area contributed by atoms with Crippen LogP contribution in [-0.4, -0.2) is 22.8 Å². The quantitative estimate of drug-likeness (QED) is 0.296. The maximum absolute atomic E-state index is 7.70. The first-order chi connectivity index (χ1) is 3.41. The number of rotatable bonds is 2. The van der Waals surface area contributed by atoms with Gasteiger partial charge < -0.3 is 10.4 Å². The number of nitrogens with zero attached hydrogens (tertiary/aromatic N) is 2. The molecule has 0 aromatic rings. The van der Waals surface area contributed by atoms with Gasteiger partial charge in [0.05, 0.1) is 0 Å². The summed E-state index contributed by atoms with van der Waals surface area (Å²) in [6.45, 7) is 0. The Morgan fingerprint density at radius 1 is 1.57 bits per heavy atom. The summed E-state index contributed by atoms with van der Waals surface area (Å²) in [7, 11) is 0. The predicted octanol–water partition coefficient (Wildman–Crippen LogP) is 0.173. The predicted molar refractivity (Wildman–Crippen MR) is 24.1 cm³/mol. The molecule has 0 saturated carbocycles. The maximum atomic E-state index is 7.70. The topological polar surface area (TPSA) is 65.2 Å². The van der Waals surface area contributed by atoms with Crippen molar-refractivity contribution in [3.8, 4) is 0 Å². The zero-order chi connectivity index (χ0) is 5.54. The zero-order valence-corrected chi connectivity index (χ0v) is 3.57. The summed E-state index contributed by atoms with van der Waals surface area (Å²) in [6.07, 6.45) is 3.50. The van der Waals surface area contributed by atoms with Gasteiger partial charge in [-0.25, -0.2) is 0 Å². The lowest BCUT2D eigenvalue weighted by Crippen LogP contribution is -1.74. The van der Waals surface area contributed by atoms with Crippen LogP contribution in [0.1, 0.15) is 6.42 Å². The molecule has 4 nitrogen and oxygen atoms in total. The normalized spacial score (nSPS) is 11.4. The van der Waals surface area contributed by atoms with Crippen molar-refractivity contribution < 1.29 is 10.4 Å². The van der Waals surface area contributed by atoms with Crippen LogP contribution < -0.4 is 0 Å². The van der Waals surface area contributed by atoms with Crippen LogP contribution in [0.2, 0.25) is 0 Å². The minimum Gasteiger partial charge on any atom is -0.411 e. The third kappa shape index (κ3) is 4.94. The second kappa shape index (κ2) is 4.94. The van der Waals surface area contributed by atoms with E-state index >= 15 is 0 Å². The van der Waals surface area contributed by atoms with Crippen molar-refractivity contribution in [3.63, 3.8) is 0 Å². The van der Waals surface area contributed by atoms with E-state index in [0.29, 0.717) is 0 Å². The van der Waals surface area contributed by atoms with E-state index in [1.54, 1.807) is 0 Å². The minimum atomic E-state index is 0.229. The second-order valence-electron chi connectivity index (χ2n) is 0.760. The number of hydrogen-bond donors (Lipinski definition) is 2. The van der Waals surface area contributed by atoms with Gasteiger partial charge in [0, 0.05) is 12.6 Å². The Morgan fingerprint density at radius 3 is 2.71 bits per heavy atom. The minimum absolute atomic E-state index is 0.229. The lowest BCUT2D eigenvalue weighted by Gasteiger charge is -1.69. The molecule has 0 amide bonds. The molecule has 0 aromatic carbocycles. The molecular formula is C3H5N2O2. The molecule has 0 bridgehead atoms. The third-order valence-corrected chi connectivity index (χ3v) is 0.335. The lowest BCUT2D eigenvalue weighted by atomic mass is 10.5. The Balaban J connectivity index is 2.98. The summed E-state index contributed by atoms with van der Waals surface area (Å²) in [5, 5.41) is 20.5. The van der Waals surface area contributed by atoms with Gasteiger partial charge >= 0.3 is 0 Å². The van der Waals surface area contributed by atoms with E-state index in [1.807, 2.05) is 0 Å². The summed E-state index contributed by atoms with van der Waals surface area (Å²) >= 11 is 0. The van der Waals surface area contributed by atoms with Crippen LogP contribution in [-0.2, 0) is 0 Å². The summed E-state index contributed by atoms with van der Waals surface area (Å²) in [4.78, 5) is 0. The standard InChI is InChI=1S/C3H5N2O2/c6-4-2-1-3-5-7/h2,6-7H,1H2. The lowest BCUT2D eigenvalue weighted by molar-refractivity contribution is 0.318. The van der Waals surface area contributed by atoms with Gasteiger partial charge in [-0.2, -0.15) is 0 Å². The largest absolute Gasteiger partial charge is 0.411 e. The average Bonchev–Trinajstić information content (AvgIpc) is 1.69. The first-order valence-corrected chi connectivity index (χ1v) is 1.64. The van der Waals surface area contributed by atoms with Gasteiger partial charge in [-0.1, -0.05) is 5.16 Å². The van der Waals surface area contributed by atoms with Crippen molar-refractivity contribution in [2.75, 3.05) is 0 Å². The van der Waals surface area contributed by atoms with Crippen molar-refractivity contribution in [2.45, 2.75) is 6.42 Å². The summed E-state index contributed by atoms with van der Waals surface area (Å²) in [5.74, 6) is 0. The van der Waals surface area contributed by atoms with Gasteiger partial charge in [0.2, 0.25) is 0 Å². The highest BCUT2D eigenvalue weighted by Crippen LogP contribution is 1.63. The number of hydrogen-bond acceptors (Lipinski definition) is 4. The fraction of sp³-hybridized carbons (Fsp3) is 0.333. The van der Waals surface area contributed by atoms with Crippen molar-refractivity contribution in [1.82, 2.24) is 0 Å². The molecule has 0 saturated heterocycles. The number of oxime groups is 1.